The van der Waals surface area contributed by atoms with Crippen LogP contribution in [0, 0.1) is 10.6 Å². The van der Waals surface area contributed by atoms with Crippen LogP contribution in [-0.4, -0.2) is 10.9 Å². The molecule has 0 unspecified atom stereocenters. The van der Waals surface area contributed by atoms with Crippen molar-refractivity contribution in [2.75, 3.05) is 0 Å². The van der Waals surface area contributed by atoms with Gasteiger partial charge in [-0.25, -0.2) is 4.98 Å². The predicted molar refractivity (Wildman–Crippen MR) is 50.2 cm³/mol. The average Bonchev–Trinajstić information content (AvgIpc) is 1.94. The molecule has 0 aliphatic carbocycles. The summed E-state index contributed by atoms with van der Waals surface area (Å²) in [5.41, 5.74) is 6.40. The molecule has 0 spiro atoms. The highest BCUT2D eigenvalue weighted by Gasteiger charge is 2.02. The summed E-state index contributed by atoms with van der Waals surface area (Å²) in [5, 5.41) is 0. The predicted octanol–water partition coefficient (Wildman–Crippen LogP) is 1.09. The summed E-state index contributed by atoms with van der Waals surface area (Å²) in [6, 6.07) is 3.45. The zero-order valence-corrected chi connectivity index (χ0v) is 8.12. The molecule has 0 radical (unpaired) electrons. The Balaban J connectivity index is 3.15. The average molecular weight is 262 g/mol. The van der Waals surface area contributed by atoms with Crippen molar-refractivity contribution in [3.63, 3.8) is 0 Å². The normalized spacial score (nSPS) is 9.64. The molecule has 1 aromatic rings. The second-order valence-electron chi connectivity index (χ2n) is 2.17. The van der Waals surface area contributed by atoms with Crippen molar-refractivity contribution in [1.29, 1.82) is 0 Å². The molecule has 0 aliphatic heterocycles. The number of carbonyl (C=O) groups is 1. The van der Waals surface area contributed by atoms with E-state index in [0.29, 0.717) is 5.69 Å². The summed E-state index contributed by atoms with van der Waals surface area (Å²) in [5.74, 6) is -0.483. The van der Waals surface area contributed by atoms with Crippen molar-refractivity contribution in [3.05, 3.63) is 27.1 Å². The third-order valence-electron chi connectivity index (χ3n) is 1.29. The second kappa shape index (κ2) is 3.17. The van der Waals surface area contributed by atoms with E-state index >= 15 is 0 Å². The number of nitrogens with two attached hydrogens (primary N) is 1. The van der Waals surface area contributed by atoms with Crippen LogP contribution >= 0.6 is 22.6 Å². The van der Waals surface area contributed by atoms with Crippen LogP contribution in [0.1, 0.15) is 16.1 Å². The minimum atomic E-state index is -0.483. The van der Waals surface area contributed by atoms with E-state index < -0.39 is 5.91 Å². The lowest BCUT2D eigenvalue weighted by atomic mass is 10.3. The summed E-state index contributed by atoms with van der Waals surface area (Å²) in [6.45, 7) is 1.93. The first-order valence-electron chi connectivity index (χ1n) is 3.04. The quantitative estimate of drug-likeness (QED) is 0.608. The maximum absolute atomic E-state index is 10.6. The summed E-state index contributed by atoms with van der Waals surface area (Å²) >= 11 is 2.06. The minimum Gasteiger partial charge on any atom is -0.364 e. The van der Waals surface area contributed by atoms with Crippen molar-refractivity contribution in [1.82, 2.24) is 4.98 Å². The van der Waals surface area contributed by atoms with E-state index in [-0.39, 0.29) is 0 Å². The number of primary amides is 1. The molecule has 1 rings (SSSR count). The molecule has 3 nitrogen and oxygen atoms in total. The summed E-state index contributed by atoms with van der Waals surface area (Å²) in [4.78, 5) is 14.6. The summed E-state index contributed by atoms with van der Waals surface area (Å²) < 4.78 is 0.818. The maximum atomic E-state index is 10.6. The Morgan fingerprint density at radius 3 is 2.73 bits per heavy atom. The lowest BCUT2D eigenvalue weighted by Crippen LogP contribution is -2.13. The molecule has 0 aliphatic rings. The van der Waals surface area contributed by atoms with Crippen LogP contribution in [-0.2, 0) is 0 Å². The molecule has 0 saturated carbocycles. The Labute approximate surface area is 78.1 Å². The highest BCUT2D eigenvalue weighted by Crippen LogP contribution is 2.08. The van der Waals surface area contributed by atoms with Crippen LogP contribution in [0.5, 0.6) is 0 Å². The van der Waals surface area contributed by atoms with Crippen molar-refractivity contribution in [2.45, 2.75) is 6.92 Å². The van der Waals surface area contributed by atoms with E-state index in [1.54, 1.807) is 6.07 Å². The smallest absolute Gasteiger partial charge is 0.267 e. The molecule has 1 amide bonds. The lowest BCUT2D eigenvalue weighted by molar-refractivity contribution is 0.0995. The topological polar surface area (TPSA) is 56.0 Å². The molecular weight excluding hydrogens is 255 g/mol. The third-order valence-corrected chi connectivity index (χ3v) is 2.38. The number of hydrogen-bond acceptors (Lipinski definition) is 2. The van der Waals surface area contributed by atoms with Crippen LogP contribution in [0.15, 0.2) is 12.1 Å². The Hall–Kier alpha value is -0.650. The Bertz CT molecular complexity index is 298. The molecule has 0 atom stereocenters. The number of halogens is 1. The zero-order valence-electron chi connectivity index (χ0n) is 5.97. The van der Waals surface area contributed by atoms with Gasteiger partial charge in [0.1, 0.15) is 9.39 Å². The van der Waals surface area contributed by atoms with Gasteiger partial charge in [0, 0.05) is 0 Å². The molecule has 58 valence electrons. The van der Waals surface area contributed by atoms with Crippen LogP contribution in [0.25, 0.3) is 0 Å². The van der Waals surface area contributed by atoms with E-state index in [1.807, 2.05) is 13.0 Å². The summed E-state index contributed by atoms with van der Waals surface area (Å²) in [7, 11) is 0. The third kappa shape index (κ3) is 1.89. The number of nitrogens with zero attached hydrogens (tertiary/aromatic N) is 1. The molecule has 0 aromatic carbocycles. The fourth-order valence-electron chi connectivity index (χ4n) is 0.641. The molecule has 1 aromatic heterocycles. The van der Waals surface area contributed by atoms with Crippen molar-refractivity contribution < 1.29 is 4.79 Å². The fraction of sp³-hybridized carbons (Fsp3) is 0.143. The van der Waals surface area contributed by atoms with Gasteiger partial charge in [0.15, 0.2) is 0 Å². The van der Waals surface area contributed by atoms with Crippen LogP contribution < -0.4 is 5.73 Å². The van der Waals surface area contributed by atoms with Gasteiger partial charge in [-0.3, -0.25) is 4.79 Å². The first kappa shape index (κ1) is 8.45. The molecule has 1 heterocycles. The zero-order chi connectivity index (χ0) is 8.43. The van der Waals surface area contributed by atoms with Gasteiger partial charge in [-0.1, -0.05) is 6.07 Å². The van der Waals surface area contributed by atoms with E-state index in [2.05, 4.69) is 27.6 Å². The largest absolute Gasteiger partial charge is 0.364 e. The Morgan fingerprint density at radius 1 is 1.64 bits per heavy atom. The van der Waals surface area contributed by atoms with E-state index in [1.165, 1.54) is 0 Å². The van der Waals surface area contributed by atoms with Crippen LogP contribution in [0.4, 0.5) is 0 Å². The maximum Gasteiger partial charge on any atom is 0.267 e. The van der Waals surface area contributed by atoms with Gasteiger partial charge in [0.05, 0.1) is 0 Å². The number of carbonyl (C=O) groups excluding carboxylic acids is 1. The number of rotatable bonds is 1. The molecule has 11 heavy (non-hydrogen) atoms. The highest BCUT2D eigenvalue weighted by molar-refractivity contribution is 14.1. The number of hydrogen-bond donors (Lipinski definition) is 1. The first-order chi connectivity index (χ1) is 5.11. The number of amides is 1. The molecule has 0 fully saturated rings. The Kier molecular flexibility index (Phi) is 2.43. The molecule has 4 heteroatoms. The standard InChI is InChI=1S/C7H7IN2O/c1-4-2-3-5(7(9)11)10-6(4)8/h2-3H,1H3,(H2,9,11). The molecule has 0 saturated heterocycles. The van der Waals surface area contributed by atoms with Gasteiger partial charge in [-0.05, 0) is 41.1 Å². The highest BCUT2D eigenvalue weighted by atomic mass is 127. The monoisotopic (exact) mass is 262 g/mol. The van der Waals surface area contributed by atoms with Gasteiger partial charge in [0.25, 0.3) is 5.91 Å². The van der Waals surface area contributed by atoms with Gasteiger partial charge in [0.2, 0.25) is 0 Å². The van der Waals surface area contributed by atoms with Crippen LogP contribution in [0.3, 0.4) is 0 Å². The molecule has 2 N–H and O–H groups in total. The van der Waals surface area contributed by atoms with Gasteiger partial charge < -0.3 is 5.73 Å². The SMILES string of the molecule is Cc1ccc(C(N)=O)nc1I. The molecular formula is C7H7IN2O. The number of pyridine rings is 1. The number of aromatic nitrogens is 1. The van der Waals surface area contributed by atoms with Crippen molar-refractivity contribution in [2.24, 2.45) is 5.73 Å². The van der Waals surface area contributed by atoms with Gasteiger partial charge in [-0.15, -0.1) is 0 Å². The second-order valence-corrected chi connectivity index (χ2v) is 3.19. The van der Waals surface area contributed by atoms with E-state index in [9.17, 15) is 4.79 Å². The van der Waals surface area contributed by atoms with E-state index in [4.69, 9.17) is 5.73 Å². The van der Waals surface area contributed by atoms with Crippen molar-refractivity contribution >= 4 is 28.5 Å². The fourth-order valence-corrected chi connectivity index (χ4v) is 1.08. The minimum absolute atomic E-state index is 0.319. The number of aryl methyl sites for hydroxylation is 1. The Morgan fingerprint density at radius 2 is 2.27 bits per heavy atom. The van der Waals surface area contributed by atoms with Gasteiger partial charge in [-0.2, -0.15) is 0 Å². The van der Waals surface area contributed by atoms with Crippen molar-refractivity contribution in [3.8, 4) is 0 Å². The van der Waals surface area contributed by atoms with E-state index in [0.717, 1.165) is 9.26 Å². The summed E-state index contributed by atoms with van der Waals surface area (Å²) in [6.07, 6.45) is 0. The molecule has 0 bridgehead atoms. The first-order valence-corrected chi connectivity index (χ1v) is 4.12. The van der Waals surface area contributed by atoms with Gasteiger partial charge >= 0.3 is 0 Å². The van der Waals surface area contributed by atoms with Crippen LogP contribution in [0.2, 0.25) is 0 Å². The lowest BCUT2D eigenvalue weighted by Gasteiger charge is -1.97.